The van der Waals surface area contributed by atoms with Crippen LogP contribution in [0.25, 0.3) is 11.0 Å². The lowest BCUT2D eigenvalue weighted by Crippen LogP contribution is -2.37. The van der Waals surface area contributed by atoms with Gasteiger partial charge in [-0.3, -0.25) is 9.59 Å². The minimum atomic E-state index is -0.839. The van der Waals surface area contributed by atoms with Crippen LogP contribution in [0.1, 0.15) is 23.6 Å². The lowest BCUT2D eigenvalue weighted by molar-refractivity contribution is -0.154. The zero-order valence-electron chi connectivity index (χ0n) is 15.5. The topological polar surface area (TPSA) is 68.5 Å². The molecule has 5 heteroatoms. The zero-order valence-corrected chi connectivity index (χ0v) is 15.5. The molecule has 0 aliphatic carbocycles. The molecule has 0 saturated carbocycles. The summed E-state index contributed by atoms with van der Waals surface area (Å²) < 4.78 is 10.8. The molecule has 3 rings (SSSR count). The van der Waals surface area contributed by atoms with Gasteiger partial charge in [-0.25, -0.2) is 0 Å². The van der Waals surface area contributed by atoms with E-state index in [1.807, 2.05) is 55.5 Å². The summed E-state index contributed by atoms with van der Waals surface area (Å²) in [4.78, 5) is 24.3. The summed E-state index contributed by atoms with van der Waals surface area (Å²) in [5.41, 5.74) is 3.73. The summed E-state index contributed by atoms with van der Waals surface area (Å²) >= 11 is 0. The van der Waals surface area contributed by atoms with E-state index in [0.29, 0.717) is 6.54 Å². The summed E-state index contributed by atoms with van der Waals surface area (Å²) in [5.74, 6) is -0.754. The van der Waals surface area contributed by atoms with E-state index in [0.717, 1.165) is 34.1 Å². The zero-order chi connectivity index (χ0) is 19.2. The minimum Gasteiger partial charge on any atom is -0.464 e. The second-order valence-electron chi connectivity index (χ2n) is 6.60. The molecule has 1 aromatic heterocycles. The third-order valence-electron chi connectivity index (χ3n) is 4.38. The van der Waals surface area contributed by atoms with E-state index in [9.17, 15) is 9.59 Å². The van der Waals surface area contributed by atoms with Crippen molar-refractivity contribution in [3.63, 3.8) is 0 Å². The number of furan rings is 1. The second-order valence-corrected chi connectivity index (χ2v) is 6.60. The first-order valence-electron chi connectivity index (χ1n) is 9.01. The van der Waals surface area contributed by atoms with Crippen LogP contribution in [0.2, 0.25) is 0 Å². The maximum atomic E-state index is 12.2. The van der Waals surface area contributed by atoms with Gasteiger partial charge < -0.3 is 14.5 Å². The van der Waals surface area contributed by atoms with Gasteiger partial charge in [-0.05, 0) is 37.5 Å². The first-order valence-corrected chi connectivity index (χ1v) is 9.01. The van der Waals surface area contributed by atoms with Gasteiger partial charge in [0.25, 0.3) is 5.91 Å². The van der Waals surface area contributed by atoms with Gasteiger partial charge in [0.2, 0.25) is 0 Å². The van der Waals surface area contributed by atoms with Gasteiger partial charge in [0, 0.05) is 17.5 Å². The Labute approximate surface area is 158 Å². The Hall–Kier alpha value is -3.08. The molecule has 5 nitrogen and oxygen atoms in total. The fourth-order valence-electron chi connectivity index (χ4n) is 2.89. The number of hydrogen-bond donors (Lipinski definition) is 1. The summed E-state index contributed by atoms with van der Waals surface area (Å²) in [7, 11) is 0. The molecule has 0 fully saturated rings. The number of carbonyl (C=O) groups excluding carboxylic acids is 2. The van der Waals surface area contributed by atoms with E-state index in [2.05, 4.69) is 5.32 Å². The Bertz CT molecular complexity index is 930. The average Bonchev–Trinajstić information content (AvgIpc) is 3.04. The Morgan fingerprint density at radius 1 is 1.15 bits per heavy atom. The number of aryl methyl sites for hydroxylation is 1. The summed E-state index contributed by atoms with van der Waals surface area (Å²) in [6, 6.07) is 15.7. The van der Waals surface area contributed by atoms with Gasteiger partial charge in [0.15, 0.2) is 6.10 Å². The number of carbonyl (C=O) groups is 2. The number of hydrogen-bond acceptors (Lipinski definition) is 4. The number of rotatable bonds is 7. The van der Waals surface area contributed by atoms with Gasteiger partial charge in [0.1, 0.15) is 5.58 Å². The van der Waals surface area contributed by atoms with Crippen molar-refractivity contribution in [2.75, 3.05) is 6.54 Å². The van der Waals surface area contributed by atoms with E-state index in [1.54, 1.807) is 13.2 Å². The number of ether oxygens (including phenoxy) is 1. The molecule has 1 N–H and O–H groups in total. The van der Waals surface area contributed by atoms with Gasteiger partial charge in [-0.2, -0.15) is 0 Å². The Kier molecular flexibility index (Phi) is 5.91. The fourth-order valence-corrected chi connectivity index (χ4v) is 2.89. The number of benzene rings is 2. The third-order valence-corrected chi connectivity index (χ3v) is 4.38. The maximum absolute atomic E-state index is 12.2. The Morgan fingerprint density at radius 2 is 1.93 bits per heavy atom. The van der Waals surface area contributed by atoms with Crippen molar-refractivity contribution in [1.29, 1.82) is 0 Å². The Balaban J connectivity index is 1.48. The highest BCUT2D eigenvalue weighted by atomic mass is 16.5. The van der Waals surface area contributed by atoms with Crippen molar-refractivity contribution in [1.82, 2.24) is 5.32 Å². The van der Waals surface area contributed by atoms with Crippen LogP contribution >= 0.6 is 0 Å². The largest absolute Gasteiger partial charge is 0.464 e. The molecule has 140 valence electrons. The van der Waals surface area contributed by atoms with Crippen LogP contribution in [0.4, 0.5) is 0 Å². The molecule has 1 unspecified atom stereocenters. The second kappa shape index (κ2) is 8.54. The van der Waals surface area contributed by atoms with E-state index in [-0.39, 0.29) is 12.3 Å². The number of fused-ring (bicyclic) bond motifs is 1. The lowest BCUT2D eigenvalue weighted by Gasteiger charge is -2.13. The van der Waals surface area contributed by atoms with Gasteiger partial charge >= 0.3 is 5.97 Å². The lowest BCUT2D eigenvalue weighted by atomic mass is 10.1. The number of nitrogens with one attached hydrogen (secondary N) is 1. The highest BCUT2D eigenvalue weighted by Crippen LogP contribution is 2.23. The molecule has 27 heavy (non-hydrogen) atoms. The van der Waals surface area contributed by atoms with Crippen molar-refractivity contribution in [2.45, 2.75) is 32.8 Å². The first-order chi connectivity index (χ1) is 13.0. The molecule has 0 aliphatic heterocycles. The molecule has 0 bridgehead atoms. The highest BCUT2D eigenvalue weighted by Gasteiger charge is 2.19. The molecule has 0 saturated heterocycles. The van der Waals surface area contributed by atoms with Crippen LogP contribution in [-0.4, -0.2) is 24.5 Å². The molecule has 0 aliphatic rings. The van der Waals surface area contributed by atoms with Crippen molar-refractivity contribution in [3.8, 4) is 0 Å². The normalized spacial score (nSPS) is 11.9. The summed E-state index contributed by atoms with van der Waals surface area (Å²) in [5, 5.41) is 3.68. The molecular weight excluding hydrogens is 342 g/mol. The van der Waals surface area contributed by atoms with E-state index >= 15 is 0 Å². The van der Waals surface area contributed by atoms with E-state index in [4.69, 9.17) is 9.15 Å². The molecule has 3 aromatic rings. The predicted molar refractivity (Wildman–Crippen MR) is 103 cm³/mol. The molecule has 0 spiro atoms. The smallest absolute Gasteiger partial charge is 0.311 e. The molecule has 1 atom stereocenters. The highest BCUT2D eigenvalue weighted by molar-refractivity contribution is 5.88. The minimum absolute atomic E-state index is 0.0672. The predicted octanol–water partition coefficient (Wildman–Crippen LogP) is 3.57. The Morgan fingerprint density at radius 3 is 2.70 bits per heavy atom. The van der Waals surface area contributed by atoms with Gasteiger partial charge in [-0.1, -0.05) is 42.5 Å². The molecule has 0 radical (unpaired) electrons. The van der Waals surface area contributed by atoms with Crippen molar-refractivity contribution in [2.24, 2.45) is 0 Å². The monoisotopic (exact) mass is 365 g/mol. The van der Waals surface area contributed by atoms with Crippen LogP contribution < -0.4 is 5.32 Å². The van der Waals surface area contributed by atoms with Gasteiger partial charge in [0.05, 0.1) is 12.7 Å². The van der Waals surface area contributed by atoms with Crippen molar-refractivity contribution >= 4 is 22.8 Å². The summed E-state index contributed by atoms with van der Waals surface area (Å²) in [6.07, 6.45) is 1.52. The van der Waals surface area contributed by atoms with E-state index in [1.165, 1.54) is 0 Å². The van der Waals surface area contributed by atoms with Crippen LogP contribution in [0, 0.1) is 6.92 Å². The standard InChI is InChI=1S/C22H23NO4/c1-15-8-9-19-18(14-26-20(19)12-15)13-21(24)27-16(2)22(25)23-11-10-17-6-4-3-5-7-17/h3-9,12,14,16H,10-11,13H2,1-2H3,(H,23,25). The number of amides is 1. The van der Waals surface area contributed by atoms with Crippen molar-refractivity contribution in [3.05, 3.63) is 71.5 Å². The van der Waals surface area contributed by atoms with Crippen molar-refractivity contribution < 1.29 is 18.7 Å². The third kappa shape index (κ3) is 4.97. The molecule has 2 aromatic carbocycles. The van der Waals surface area contributed by atoms with E-state index < -0.39 is 12.1 Å². The SMILES string of the molecule is Cc1ccc2c(CC(=O)OC(C)C(=O)NCCc3ccccc3)coc2c1. The average molecular weight is 365 g/mol. The van der Waals surface area contributed by atoms with Crippen LogP contribution in [0.3, 0.4) is 0 Å². The van der Waals surface area contributed by atoms with Gasteiger partial charge in [-0.15, -0.1) is 0 Å². The molecule has 1 amide bonds. The molecular formula is C22H23NO4. The fraction of sp³-hybridized carbons (Fsp3) is 0.273. The maximum Gasteiger partial charge on any atom is 0.311 e. The first kappa shape index (κ1) is 18.7. The van der Waals surface area contributed by atoms with Crippen LogP contribution in [0.5, 0.6) is 0 Å². The number of esters is 1. The van der Waals surface area contributed by atoms with Crippen LogP contribution in [-0.2, 0) is 27.2 Å². The quantitative estimate of drug-likeness (QED) is 0.650. The van der Waals surface area contributed by atoms with Crippen LogP contribution in [0.15, 0.2) is 59.2 Å². The summed E-state index contributed by atoms with van der Waals surface area (Å²) in [6.45, 7) is 4.05. The molecule has 1 heterocycles.